The number of H-pyrrole nitrogens is 1. The van der Waals surface area contributed by atoms with Crippen molar-refractivity contribution in [1.82, 2.24) is 9.55 Å². The summed E-state index contributed by atoms with van der Waals surface area (Å²) in [5.74, 6) is 0. The first-order valence-electron chi connectivity index (χ1n) is 5.53. The largest absolute Gasteiger partial charge is 0.337 e. The summed E-state index contributed by atoms with van der Waals surface area (Å²) < 4.78 is 2.96. The van der Waals surface area contributed by atoms with Crippen molar-refractivity contribution in [2.45, 2.75) is 26.8 Å². The van der Waals surface area contributed by atoms with Crippen LogP contribution in [-0.2, 0) is 13.0 Å². The minimum Gasteiger partial charge on any atom is -0.337 e. The van der Waals surface area contributed by atoms with Crippen LogP contribution in [0.5, 0.6) is 0 Å². The average molecular weight is 232 g/mol. The Kier molecular flexibility index (Phi) is 3.25. The predicted octanol–water partition coefficient (Wildman–Crippen LogP) is 3.46. The van der Waals surface area contributed by atoms with E-state index in [1.54, 1.807) is 0 Å². The van der Waals surface area contributed by atoms with Gasteiger partial charge in [-0.2, -0.15) is 0 Å². The molecular weight excluding hydrogens is 216 g/mol. The third-order valence-electron chi connectivity index (χ3n) is 2.78. The third kappa shape index (κ3) is 2.25. The number of imidazole rings is 1. The molecular formula is C13H16N2S. The van der Waals surface area contributed by atoms with Gasteiger partial charge in [-0.3, -0.25) is 0 Å². The van der Waals surface area contributed by atoms with Gasteiger partial charge in [-0.05, 0) is 31.1 Å². The van der Waals surface area contributed by atoms with E-state index in [2.05, 4.69) is 47.7 Å². The van der Waals surface area contributed by atoms with E-state index < -0.39 is 0 Å². The molecule has 1 heterocycles. The smallest absolute Gasteiger partial charge is 0.177 e. The van der Waals surface area contributed by atoms with Gasteiger partial charge in [0, 0.05) is 11.9 Å². The van der Waals surface area contributed by atoms with Gasteiger partial charge in [-0.1, -0.05) is 36.8 Å². The fourth-order valence-corrected chi connectivity index (χ4v) is 2.01. The second-order valence-electron chi connectivity index (χ2n) is 4.01. The number of hydrogen-bond donors (Lipinski definition) is 1. The van der Waals surface area contributed by atoms with Gasteiger partial charge in [0.1, 0.15) is 0 Å². The van der Waals surface area contributed by atoms with Gasteiger partial charge in [0.05, 0.1) is 6.54 Å². The Morgan fingerprint density at radius 3 is 2.56 bits per heavy atom. The molecule has 16 heavy (non-hydrogen) atoms. The average Bonchev–Trinajstić information content (AvgIpc) is 2.63. The maximum Gasteiger partial charge on any atom is 0.177 e. The van der Waals surface area contributed by atoms with Crippen molar-refractivity contribution in [3.8, 4) is 0 Å². The van der Waals surface area contributed by atoms with E-state index in [0.717, 1.165) is 17.7 Å². The molecule has 0 aliphatic heterocycles. The fraction of sp³-hybridized carbons (Fsp3) is 0.308. The number of aromatic amines is 1. The molecule has 2 rings (SSSR count). The lowest BCUT2D eigenvalue weighted by Gasteiger charge is -2.07. The summed E-state index contributed by atoms with van der Waals surface area (Å²) in [6.07, 6.45) is 3.00. The maximum absolute atomic E-state index is 5.27. The summed E-state index contributed by atoms with van der Waals surface area (Å²) in [6.45, 7) is 5.10. The van der Waals surface area contributed by atoms with Crippen LogP contribution in [0.4, 0.5) is 0 Å². The molecule has 0 aliphatic rings. The number of benzene rings is 1. The van der Waals surface area contributed by atoms with Crippen LogP contribution in [0.15, 0.2) is 30.5 Å². The van der Waals surface area contributed by atoms with Crippen LogP contribution in [0.25, 0.3) is 0 Å². The van der Waals surface area contributed by atoms with Crippen molar-refractivity contribution >= 4 is 12.2 Å². The Balaban J connectivity index is 2.29. The molecule has 2 aromatic rings. The molecule has 0 saturated heterocycles. The van der Waals surface area contributed by atoms with Gasteiger partial charge in [0.15, 0.2) is 4.77 Å². The molecule has 0 fully saturated rings. The van der Waals surface area contributed by atoms with E-state index in [4.69, 9.17) is 12.2 Å². The van der Waals surface area contributed by atoms with Crippen molar-refractivity contribution in [3.63, 3.8) is 0 Å². The van der Waals surface area contributed by atoms with Crippen LogP contribution >= 0.6 is 12.2 Å². The molecule has 0 aliphatic carbocycles. The quantitative estimate of drug-likeness (QED) is 0.804. The highest BCUT2D eigenvalue weighted by Crippen LogP contribution is 2.09. The van der Waals surface area contributed by atoms with Gasteiger partial charge in [-0.25, -0.2) is 0 Å². The number of rotatable bonds is 3. The van der Waals surface area contributed by atoms with E-state index >= 15 is 0 Å². The lowest BCUT2D eigenvalue weighted by atomic mass is 10.1. The SMILES string of the molecule is CCc1c[nH]c(=S)n1Cc1ccc(C)cc1. The first-order valence-corrected chi connectivity index (χ1v) is 5.94. The maximum atomic E-state index is 5.27. The van der Waals surface area contributed by atoms with Crippen LogP contribution in [-0.4, -0.2) is 9.55 Å². The number of hydrogen-bond acceptors (Lipinski definition) is 1. The third-order valence-corrected chi connectivity index (χ3v) is 3.12. The molecule has 0 saturated carbocycles. The fourth-order valence-electron chi connectivity index (χ4n) is 1.77. The van der Waals surface area contributed by atoms with Crippen molar-refractivity contribution in [3.05, 3.63) is 52.1 Å². The molecule has 84 valence electrons. The van der Waals surface area contributed by atoms with Crippen LogP contribution in [0.1, 0.15) is 23.7 Å². The Labute approximate surface area is 101 Å². The number of nitrogens with one attached hydrogen (secondary N) is 1. The summed E-state index contributed by atoms with van der Waals surface area (Å²) >= 11 is 5.27. The molecule has 0 radical (unpaired) electrons. The summed E-state index contributed by atoms with van der Waals surface area (Å²) in [7, 11) is 0. The van der Waals surface area contributed by atoms with Crippen LogP contribution in [0, 0.1) is 11.7 Å². The minimum atomic E-state index is 0.803. The zero-order chi connectivity index (χ0) is 11.5. The second-order valence-corrected chi connectivity index (χ2v) is 4.40. The molecule has 2 nitrogen and oxygen atoms in total. The zero-order valence-corrected chi connectivity index (χ0v) is 10.5. The highest BCUT2D eigenvalue weighted by molar-refractivity contribution is 7.71. The number of aryl methyl sites for hydroxylation is 2. The second kappa shape index (κ2) is 4.66. The summed E-state index contributed by atoms with van der Waals surface area (Å²) in [5, 5.41) is 0. The molecule has 0 amide bonds. The molecule has 0 spiro atoms. The Bertz CT molecular complexity index is 520. The lowest BCUT2D eigenvalue weighted by Crippen LogP contribution is -2.03. The van der Waals surface area contributed by atoms with Crippen LogP contribution < -0.4 is 0 Å². The number of nitrogens with zero attached hydrogens (tertiary/aromatic N) is 1. The van der Waals surface area contributed by atoms with Gasteiger partial charge < -0.3 is 9.55 Å². The highest BCUT2D eigenvalue weighted by atomic mass is 32.1. The number of aromatic nitrogens is 2. The predicted molar refractivity (Wildman–Crippen MR) is 69.3 cm³/mol. The van der Waals surface area contributed by atoms with Crippen molar-refractivity contribution in [1.29, 1.82) is 0 Å². The monoisotopic (exact) mass is 232 g/mol. The molecule has 3 heteroatoms. The van der Waals surface area contributed by atoms with E-state index in [1.807, 2.05) is 6.20 Å². The molecule has 0 atom stereocenters. The van der Waals surface area contributed by atoms with E-state index in [-0.39, 0.29) is 0 Å². The molecule has 1 aromatic carbocycles. The highest BCUT2D eigenvalue weighted by Gasteiger charge is 2.02. The van der Waals surface area contributed by atoms with Crippen molar-refractivity contribution in [2.24, 2.45) is 0 Å². The Hall–Kier alpha value is -1.35. The molecule has 0 bridgehead atoms. The summed E-state index contributed by atoms with van der Waals surface area (Å²) in [4.78, 5) is 3.10. The lowest BCUT2D eigenvalue weighted by molar-refractivity contribution is 0.736. The molecule has 1 aromatic heterocycles. The summed E-state index contributed by atoms with van der Waals surface area (Å²) in [5.41, 5.74) is 3.83. The van der Waals surface area contributed by atoms with E-state index in [0.29, 0.717) is 0 Å². The summed E-state index contributed by atoms with van der Waals surface area (Å²) in [6, 6.07) is 8.58. The first-order chi connectivity index (χ1) is 7.70. The van der Waals surface area contributed by atoms with Crippen molar-refractivity contribution in [2.75, 3.05) is 0 Å². The zero-order valence-electron chi connectivity index (χ0n) is 9.66. The Morgan fingerprint density at radius 1 is 1.25 bits per heavy atom. The molecule has 1 N–H and O–H groups in total. The van der Waals surface area contributed by atoms with Crippen LogP contribution in [0.3, 0.4) is 0 Å². The minimum absolute atomic E-state index is 0.803. The van der Waals surface area contributed by atoms with E-state index in [1.165, 1.54) is 16.8 Å². The first kappa shape index (κ1) is 11.1. The van der Waals surface area contributed by atoms with E-state index in [9.17, 15) is 0 Å². The van der Waals surface area contributed by atoms with Gasteiger partial charge in [-0.15, -0.1) is 0 Å². The van der Waals surface area contributed by atoms with Crippen molar-refractivity contribution < 1.29 is 0 Å². The topological polar surface area (TPSA) is 20.7 Å². The van der Waals surface area contributed by atoms with Gasteiger partial charge >= 0.3 is 0 Å². The van der Waals surface area contributed by atoms with Gasteiger partial charge in [0.2, 0.25) is 0 Å². The Morgan fingerprint density at radius 2 is 1.94 bits per heavy atom. The van der Waals surface area contributed by atoms with Gasteiger partial charge in [0.25, 0.3) is 0 Å². The normalized spacial score (nSPS) is 10.6. The van der Waals surface area contributed by atoms with Crippen LogP contribution in [0.2, 0.25) is 0 Å². The standard InChI is InChI=1S/C13H16N2S/c1-3-12-8-14-13(16)15(12)9-11-6-4-10(2)5-7-11/h4-8H,3,9H2,1-2H3,(H,14,16). The molecule has 0 unspecified atom stereocenters.